The molecule has 0 N–H and O–H groups in total. The molecular weight excluding hydrogens is 144 g/mol. The topological polar surface area (TPSA) is 0 Å². The highest BCUT2D eigenvalue weighted by molar-refractivity contribution is 4.82. The van der Waals surface area contributed by atoms with Gasteiger partial charge in [0.25, 0.3) is 0 Å². The van der Waals surface area contributed by atoms with Crippen LogP contribution in [0.5, 0.6) is 0 Å². The molecule has 72 valence electrons. The maximum Gasteiger partial charge on any atom is -0.0386 e. The first kappa shape index (κ1) is 10.1. The van der Waals surface area contributed by atoms with Crippen molar-refractivity contribution >= 4 is 0 Å². The van der Waals surface area contributed by atoms with Crippen molar-refractivity contribution in [3.05, 3.63) is 0 Å². The second-order valence-corrected chi connectivity index (χ2v) is 4.44. The summed E-state index contributed by atoms with van der Waals surface area (Å²) in [5.41, 5.74) is 0. The molecule has 0 aromatic rings. The summed E-state index contributed by atoms with van der Waals surface area (Å²) in [5, 5.41) is 0. The summed E-state index contributed by atoms with van der Waals surface area (Å²) in [7, 11) is 0. The van der Waals surface area contributed by atoms with Crippen LogP contribution in [0.25, 0.3) is 0 Å². The van der Waals surface area contributed by atoms with Crippen LogP contribution in [-0.2, 0) is 0 Å². The molecule has 0 saturated heterocycles. The highest BCUT2D eigenvalue weighted by atomic mass is 14.4. The van der Waals surface area contributed by atoms with Crippen LogP contribution in [-0.4, -0.2) is 0 Å². The van der Waals surface area contributed by atoms with Gasteiger partial charge >= 0.3 is 0 Å². The number of rotatable bonds is 1. The molecule has 2 aliphatic rings. The molecule has 0 aromatic heterocycles. The number of hydrogen-bond donors (Lipinski definition) is 0. The van der Waals surface area contributed by atoms with Crippen LogP contribution in [0.2, 0.25) is 0 Å². The molecule has 12 heavy (non-hydrogen) atoms. The van der Waals surface area contributed by atoms with E-state index in [1.807, 2.05) is 0 Å². The van der Waals surface area contributed by atoms with Crippen molar-refractivity contribution in [3.63, 3.8) is 0 Å². The lowest BCUT2D eigenvalue weighted by atomic mass is 9.86. The van der Waals surface area contributed by atoms with Gasteiger partial charge in [-0.2, -0.15) is 0 Å². The fraction of sp³-hybridized carbons (Fsp3) is 1.00. The molecule has 0 aromatic carbocycles. The van der Waals surface area contributed by atoms with Gasteiger partial charge in [0, 0.05) is 0 Å². The summed E-state index contributed by atoms with van der Waals surface area (Å²) in [4.78, 5) is 0. The van der Waals surface area contributed by atoms with Crippen molar-refractivity contribution in [1.82, 2.24) is 0 Å². The van der Waals surface area contributed by atoms with Gasteiger partial charge in [0.15, 0.2) is 0 Å². The smallest absolute Gasteiger partial charge is 0.0386 e. The van der Waals surface area contributed by atoms with Gasteiger partial charge in [0.05, 0.1) is 0 Å². The summed E-state index contributed by atoms with van der Waals surface area (Å²) in [6.07, 6.45) is 12.1. The van der Waals surface area contributed by atoms with Gasteiger partial charge in [0.2, 0.25) is 0 Å². The standard InChI is InChI=1S/C9H16.C3H8/c1-2-4-8(5-3-1)9-6-7-9;1-3-2/h8-9H,1-7H2;3H2,1-2H3. The molecule has 0 radical (unpaired) electrons. The predicted molar refractivity (Wildman–Crippen MR) is 55.3 cm³/mol. The van der Waals surface area contributed by atoms with E-state index in [-0.39, 0.29) is 0 Å². The lowest BCUT2D eigenvalue weighted by Gasteiger charge is -2.20. The lowest BCUT2D eigenvalue weighted by Crippen LogP contribution is -2.07. The van der Waals surface area contributed by atoms with Crippen LogP contribution in [0, 0.1) is 11.8 Å². The highest BCUT2D eigenvalue weighted by Crippen LogP contribution is 2.43. The monoisotopic (exact) mass is 168 g/mol. The summed E-state index contributed by atoms with van der Waals surface area (Å²) in [6, 6.07) is 0. The van der Waals surface area contributed by atoms with Gasteiger partial charge in [-0.15, -0.1) is 0 Å². The maximum atomic E-state index is 2.12. The van der Waals surface area contributed by atoms with Crippen molar-refractivity contribution in [1.29, 1.82) is 0 Å². The van der Waals surface area contributed by atoms with E-state index in [1.54, 1.807) is 25.7 Å². The van der Waals surface area contributed by atoms with E-state index < -0.39 is 0 Å². The second-order valence-electron chi connectivity index (χ2n) is 4.44. The summed E-state index contributed by atoms with van der Waals surface area (Å²) >= 11 is 0. The molecule has 0 bridgehead atoms. The molecule has 0 amide bonds. The molecular formula is C12H24. The average Bonchev–Trinajstić information content (AvgIpc) is 2.90. The fourth-order valence-electron chi connectivity index (χ4n) is 2.17. The van der Waals surface area contributed by atoms with Crippen LogP contribution in [0.3, 0.4) is 0 Å². The zero-order valence-electron chi connectivity index (χ0n) is 8.81. The van der Waals surface area contributed by atoms with Crippen LogP contribution >= 0.6 is 0 Å². The molecule has 0 unspecified atom stereocenters. The predicted octanol–water partition coefficient (Wildman–Crippen LogP) is 4.39. The van der Waals surface area contributed by atoms with Crippen molar-refractivity contribution in [2.24, 2.45) is 11.8 Å². The van der Waals surface area contributed by atoms with Gasteiger partial charge in [0.1, 0.15) is 0 Å². The minimum atomic E-state index is 1.17. The average molecular weight is 168 g/mol. The molecule has 0 atom stereocenters. The van der Waals surface area contributed by atoms with Crippen LogP contribution in [0.15, 0.2) is 0 Å². The van der Waals surface area contributed by atoms with Crippen molar-refractivity contribution < 1.29 is 0 Å². The lowest BCUT2D eigenvalue weighted by molar-refractivity contribution is 0.322. The van der Waals surface area contributed by atoms with E-state index in [1.165, 1.54) is 37.5 Å². The van der Waals surface area contributed by atoms with E-state index in [0.29, 0.717) is 0 Å². The van der Waals surface area contributed by atoms with E-state index in [4.69, 9.17) is 0 Å². The first-order valence-corrected chi connectivity index (χ1v) is 5.88. The first-order chi connectivity index (χ1) is 5.88. The minimum Gasteiger partial charge on any atom is -0.0656 e. The van der Waals surface area contributed by atoms with Gasteiger partial charge in [-0.3, -0.25) is 0 Å². The third-order valence-electron chi connectivity index (χ3n) is 2.94. The number of hydrogen-bond acceptors (Lipinski definition) is 0. The zero-order valence-corrected chi connectivity index (χ0v) is 8.81. The molecule has 2 rings (SSSR count). The zero-order chi connectivity index (χ0) is 8.81. The molecule has 2 fully saturated rings. The molecule has 2 saturated carbocycles. The fourth-order valence-corrected chi connectivity index (χ4v) is 2.17. The molecule has 2 aliphatic carbocycles. The van der Waals surface area contributed by atoms with Crippen molar-refractivity contribution in [3.8, 4) is 0 Å². The SMILES string of the molecule is C1CCC(C2CC2)CC1.CCC. The Morgan fingerprint density at radius 3 is 1.58 bits per heavy atom. The van der Waals surface area contributed by atoms with E-state index in [2.05, 4.69) is 13.8 Å². The Bertz CT molecular complexity index is 96.6. The molecule has 0 spiro atoms. The van der Waals surface area contributed by atoms with E-state index in [0.717, 1.165) is 0 Å². The minimum absolute atomic E-state index is 1.17. The summed E-state index contributed by atoms with van der Waals surface area (Å²) < 4.78 is 0. The maximum absolute atomic E-state index is 2.12. The van der Waals surface area contributed by atoms with Gasteiger partial charge < -0.3 is 0 Å². The Balaban J connectivity index is 0.000000213. The van der Waals surface area contributed by atoms with Gasteiger partial charge in [-0.25, -0.2) is 0 Å². The third kappa shape index (κ3) is 3.60. The molecule has 0 heteroatoms. The normalized spacial score (nSPS) is 24.5. The van der Waals surface area contributed by atoms with E-state index in [9.17, 15) is 0 Å². The second kappa shape index (κ2) is 5.61. The first-order valence-electron chi connectivity index (χ1n) is 5.88. The Labute approximate surface area is 77.7 Å². The molecule has 0 heterocycles. The van der Waals surface area contributed by atoms with Crippen LogP contribution < -0.4 is 0 Å². The summed E-state index contributed by atoms with van der Waals surface area (Å²) in [5.74, 6) is 2.35. The quantitative estimate of drug-likeness (QED) is 0.544. The van der Waals surface area contributed by atoms with Crippen LogP contribution in [0.1, 0.15) is 65.2 Å². The Morgan fingerprint density at radius 1 is 0.750 bits per heavy atom. The largest absolute Gasteiger partial charge is 0.0656 e. The van der Waals surface area contributed by atoms with Gasteiger partial charge in [-0.05, 0) is 24.7 Å². The summed E-state index contributed by atoms with van der Waals surface area (Å²) in [6.45, 7) is 4.25. The Hall–Kier alpha value is 0. The van der Waals surface area contributed by atoms with Crippen molar-refractivity contribution in [2.45, 2.75) is 65.2 Å². The third-order valence-corrected chi connectivity index (χ3v) is 2.94. The van der Waals surface area contributed by atoms with Crippen LogP contribution in [0.4, 0.5) is 0 Å². The van der Waals surface area contributed by atoms with Crippen molar-refractivity contribution in [2.75, 3.05) is 0 Å². The highest BCUT2D eigenvalue weighted by Gasteiger charge is 2.31. The molecule has 0 aliphatic heterocycles. The Kier molecular flexibility index (Phi) is 4.72. The molecule has 0 nitrogen and oxygen atoms in total. The van der Waals surface area contributed by atoms with E-state index >= 15 is 0 Å². The van der Waals surface area contributed by atoms with Gasteiger partial charge in [-0.1, -0.05) is 52.4 Å². The Morgan fingerprint density at radius 2 is 1.17 bits per heavy atom.